The molecule has 1 aromatic carbocycles. The highest BCUT2D eigenvalue weighted by Crippen LogP contribution is 2.12. The molecule has 1 heterocycles. The van der Waals surface area contributed by atoms with E-state index in [9.17, 15) is 4.79 Å². The number of hydrogen-bond acceptors (Lipinski definition) is 2. The monoisotopic (exact) mass is 234 g/mol. The second kappa shape index (κ2) is 7.85. The van der Waals surface area contributed by atoms with Gasteiger partial charge in [0.05, 0.1) is 0 Å². The fourth-order valence-electron chi connectivity index (χ4n) is 1.99. The van der Waals surface area contributed by atoms with Crippen LogP contribution in [-0.4, -0.2) is 18.5 Å². The van der Waals surface area contributed by atoms with Gasteiger partial charge in [-0.15, -0.1) is 0 Å². The Bertz CT molecular complexity index is 314. The quantitative estimate of drug-likeness (QED) is 0.838. The SMILES string of the molecule is CC(N)=O.c1ccc(CCC2CCCN2)cc1. The number of carbonyl (C=O) groups excluding carboxylic acids is 1. The molecule has 2 rings (SSSR count). The van der Waals surface area contributed by atoms with Crippen LogP contribution in [0.2, 0.25) is 0 Å². The molecule has 3 nitrogen and oxygen atoms in total. The van der Waals surface area contributed by atoms with Crippen molar-refractivity contribution in [1.29, 1.82) is 0 Å². The molecule has 1 saturated heterocycles. The first-order chi connectivity index (χ1) is 8.18. The topological polar surface area (TPSA) is 55.1 Å². The van der Waals surface area contributed by atoms with E-state index in [2.05, 4.69) is 41.4 Å². The molecular formula is C14H22N2O. The second-order valence-corrected chi connectivity index (χ2v) is 4.43. The average molecular weight is 234 g/mol. The molecule has 1 aliphatic rings. The van der Waals surface area contributed by atoms with E-state index in [1.54, 1.807) is 0 Å². The number of aryl methyl sites for hydroxylation is 1. The van der Waals surface area contributed by atoms with Gasteiger partial charge in [0.25, 0.3) is 0 Å². The van der Waals surface area contributed by atoms with Crippen LogP contribution in [0, 0.1) is 0 Å². The molecule has 0 bridgehead atoms. The van der Waals surface area contributed by atoms with Gasteiger partial charge in [0.15, 0.2) is 0 Å². The first-order valence-electron chi connectivity index (χ1n) is 6.22. The molecule has 17 heavy (non-hydrogen) atoms. The second-order valence-electron chi connectivity index (χ2n) is 4.43. The highest BCUT2D eigenvalue weighted by molar-refractivity contribution is 5.70. The van der Waals surface area contributed by atoms with Crippen LogP contribution in [0.3, 0.4) is 0 Å². The van der Waals surface area contributed by atoms with Gasteiger partial charge in [0, 0.05) is 13.0 Å². The van der Waals surface area contributed by atoms with Crippen molar-refractivity contribution in [3.63, 3.8) is 0 Å². The third-order valence-electron chi connectivity index (χ3n) is 2.79. The predicted molar refractivity (Wildman–Crippen MR) is 70.7 cm³/mol. The fraction of sp³-hybridized carbons (Fsp3) is 0.500. The van der Waals surface area contributed by atoms with Crippen LogP contribution in [0.4, 0.5) is 0 Å². The Morgan fingerprint density at radius 3 is 2.59 bits per heavy atom. The summed E-state index contributed by atoms with van der Waals surface area (Å²) in [5, 5.41) is 3.53. The van der Waals surface area contributed by atoms with Crippen LogP contribution in [0.5, 0.6) is 0 Å². The molecule has 1 amide bonds. The van der Waals surface area contributed by atoms with E-state index < -0.39 is 0 Å². The number of benzene rings is 1. The summed E-state index contributed by atoms with van der Waals surface area (Å²) in [6, 6.07) is 11.5. The largest absolute Gasteiger partial charge is 0.370 e. The van der Waals surface area contributed by atoms with Gasteiger partial charge in [0.2, 0.25) is 5.91 Å². The zero-order valence-corrected chi connectivity index (χ0v) is 10.5. The van der Waals surface area contributed by atoms with E-state index in [1.807, 2.05) is 0 Å². The summed E-state index contributed by atoms with van der Waals surface area (Å²) in [6.45, 7) is 2.53. The highest BCUT2D eigenvalue weighted by atomic mass is 16.1. The maximum Gasteiger partial charge on any atom is 0.214 e. The number of primary amides is 1. The third-order valence-corrected chi connectivity index (χ3v) is 2.79. The molecule has 0 radical (unpaired) electrons. The van der Waals surface area contributed by atoms with E-state index in [4.69, 9.17) is 0 Å². The minimum Gasteiger partial charge on any atom is -0.370 e. The summed E-state index contributed by atoms with van der Waals surface area (Å²) in [5.74, 6) is -0.333. The fourth-order valence-corrected chi connectivity index (χ4v) is 1.99. The highest BCUT2D eigenvalue weighted by Gasteiger charge is 2.12. The molecule has 0 aliphatic carbocycles. The molecule has 1 atom stereocenters. The summed E-state index contributed by atoms with van der Waals surface area (Å²) in [5.41, 5.74) is 5.94. The Hall–Kier alpha value is -1.35. The van der Waals surface area contributed by atoms with Gasteiger partial charge in [-0.1, -0.05) is 30.3 Å². The summed E-state index contributed by atoms with van der Waals surface area (Å²) >= 11 is 0. The first-order valence-corrected chi connectivity index (χ1v) is 6.22. The molecule has 0 saturated carbocycles. The zero-order valence-electron chi connectivity index (χ0n) is 10.5. The lowest BCUT2D eigenvalue weighted by Gasteiger charge is -2.09. The van der Waals surface area contributed by atoms with Crippen LogP contribution in [0.15, 0.2) is 30.3 Å². The summed E-state index contributed by atoms with van der Waals surface area (Å²) in [6.07, 6.45) is 5.24. The van der Waals surface area contributed by atoms with E-state index in [1.165, 1.54) is 44.7 Å². The molecule has 1 unspecified atom stereocenters. The summed E-state index contributed by atoms with van der Waals surface area (Å²) in [4.78, 5) is 9.22. The summed E-state index contributed by atoms with van der Waals surface area (Å²) in [7, 11) is 0. The first kappa shape index (κ1) is 13.7. The maximum atomic E-state index is 9.22. The van der Waals surface area contributed by atoms with Crippen molar-refractivity contribution in [2.75, 3.05) is 6.54 Å². The lowest BCUT2D eigenvalue weighted by Crippen LogP contribution is -2.21. The Balaban J connectivity index is 0.000000317. The Kier molecular flexibility index (Phi) is 6.33. The molecule has 1 aromatic rings. The number of nitrogens with two attached hydrogens (primary N) is 1. The summed E-state index contributed by atoms with van der Waals surface area (Å²) < 4.78 is 0. The van der Waals surface area contributed by atoms with Gasteiger partial charge in [-0.25, -0.2) is 0 Å². The van der Waals surface area contributed by atoms with Gasteiger partial charge in [-0.3, -0.25) is 4.79 Å². The minimum absolute atomic E-state index is 0.333. The van der Waals surface area contributed by atoms with Crippen LogP contribution in [0.1, 0.15) is 31.7 Å². The lowest BCUT2D eigenvalue weighted by molar-refractivity contribution is -0.115. The van der Waals surface area contributed by atoms with Crippen molar-refractivity contribution >= 4 is 5.91 Å². The van der Waals surface area contributed by atoms with Crippen LogP contribution in [0.25, 0.3) is 0 Å². The molecule has 1 fully saturated rings. The molecule has 1 aliphatic heterocycles. The maximum absolute atomic E-state index is 9.22. The van der Waals surface area contributed by atoms with Crippen LogP contribution < -0.4 is 11.1 Å². The Labute approximate surface area is 103 Å². The number of nitrogens with one attached hydrogen (secondary N) is 1. The lowest BCUT2D eigenvalue weighted by atomic mass is 10.0. The Morgan fingerprint density at radius 2 is 2.06 bits per heavy atom. The Morgan fingerprint density at radius 1 is 1.41 bits per heavy atom. The van der Waals surface area contributed by atoms with Crippen molar-refractivity contribution in [3.05, 3.63) is 35.9 Å². The van der Waals surface area contributed by atoms with Crippen molar-refractivity contribution in [1.82, 2.24) is 5.32 Å². The van der Waals surface area contributed by atoms with E-state index in [-0.39, 0.29) is 5.91 Å². The van der Waals surface area contributed by atoms with E-state index >= 15 is 0 Å². The molecular weight excluding hydrogens is 212 g/mol. The van der Waals surface area contributed by atoms with Gasteiger partial charge in [0.1, 0.15) is 0 Å². The standard InChI is InChI=1S/C12H17N.C2H5NO/c1-2-5-11(6-3-1)8-9-12-7-4-10-13-12;1-2(3)4/h1-3,5-6,12-13H,4,7-10H2;1H3,(H2,3,4). The smallest absolute Gasteiger partial charge is 0.214 e. The minimum atomic E-state index is -0.333. The van der Waals surface area contributed by atoms with E-state index in [0.717, 1.165) is 6.04 Å². The van der Waals surface area contributed by atoms with Gasteiger partial charge in [-0.05, 0) is 37.8 Å². The predicted octanol–water partition coefficient (Wildman–Crippen LogP) is 1.86. The average Bonchev–Trinajstić information content (AvgIpc) is 2.80. The van der Waals surface area contributed by atoms with Crippen molar-refractivity contribution in [2.24, 2.45) is 5.73 Å². The molecule has 94 valence electrons. The number of hydrogen-bond donors (Lipinski definition) is 2. The van der Waals surface area contributed by atoms with Gasteiger partial charge >= 0.3 is 0 Å². The van der Waals surface area contributed by atoms with Crippen LogP contribution in [-0.2, 0) is 11.2 Å². The molecule has 0 aromatic heterocycles. The normalized spacial score (nSPS) is 18.3. The van der Waals surface area contributed by atoms with E-state index in [0.29, 0.717) is 0 Å². The zero-order chi connectivity index (χ0) is 12.5. The van der Waals surface area contributed by atoms with Gasteiger partial charge in [-0.2, -0.15) is 0 Å². The van der Waals surface area contributed by atoms with Gasteiger partial charge < -0.3 is 11.1 Å². The molecule has 3 heteroatoms. The number of amides is 1. The molecule has 0 spiro atoms. The van der Waals surface area contributed by atoms with Crippen molar-refractivity contribution < 1.29 is 4.79 Å². The van der Waals surface area contributed by atoms with Crippen LogP contribution >= 0.6 is 0 Å². The number of carbonyl (C=O) groups is 1. The number of rotatable bonds is 3. The van der Waals surface area contributed by atoms with Crippen molar-refractivity contribution in [2.45, 2.75) is 38.6 Å². The molecule has 3 N–H and O–H groups in total. The third kappa shape index (κ3) is 6.74. The van der Waals surface area contributed by atoms with Crippen molar-refractivity contribution in [3.8, 4) is 0 Å².